The molecule has 4 rings (SSSR count). The van der Waals surface area contributed by atoms with Crippen molar-refractivity contribution in [1.82, 2.24) is 10.2 Å². The molecule has 0 saturated heterocycles. The summed E-state index contributed by atoms with van der Waals surface area (Å²) in [6.45, 7) is 3.98. The molecule has 0 aromatic heterocycles. The summed E-state index contributed by atoms with van der Waals surface area (Å²) in [4.78, 5) is 29.7. The lowest BCUT2D eigenvalue weighted by Crippen LogP contribution is -2.53. The Morgan fingerprint density at radius 2 is 1.33 bits per heavy atom. The molecule has 0 radical (unpaired) electrons. The zero-order chi connectivity index (χ0) is 33.1. The van der Waals surface area contributed by atoms with Crippen molar-refractivity contribution in [2.75, 3.05) is 31.6 Å². The highest BCUT2D eigenvalue weighted by Crippen LogP contribution is 2.32. The van der Waals surface area contributed by atoms with E-state index < -0.39 is 28.5 Å². The number of para-hydroxylation sites is 1. The van der Waals surface area contributed by atoms with E-state index in [9.17, 15) is 18.0 Å². The molecule has 0 saturated carbocycles. The second-order valence-electron chi connectivity index (χ2n) is 11.2. The zero-order valence-corrected chi connectivity index (χ0v) is 27.4. The van der Waals surface area contributed by atoms with E-state index in [1.807, 2.05) is 74.5 Å². The first-order valence-electron chi connectivity index (χ1n) is 15.1. The lowest BCUT2D eigenvalue weighted by Gasteiger charge is -2.34. The number of methoxy groups -OCH3 is 2. The van der Waals surface area contributed by atoms with Crippen molar-refractivity contribution < 1.29 is 27.5 Å². The summed E-state index contributed by atoms with van der Waals surface area (Å²) < 4.78 is 40.3. The molecular weight excluding hydrogens is 602 g/mol. The Morgan fingerprint density at radius 3 is 1.89 bits per heavy atom. The van der Waals surface area contributed by atoms with E-state index in [-0.39, 0.29) is 35.4 Å². The summed E-state index contributed by atoms with van der Waals surface area (Å²) in [6.07, 6.45) is 0.247. The molecule has 4 aromatic carbocycles. The molecule has 0 aliphatic rings. The Bertz CT molecular complexity index is 1680. The fraction of sp³-hybridized carbons (Fsp3) is 0.278. The molecule has 1 atom stereocenters. The maximum absolute atomic E-state index is 14.5. The Morgan fingerprint density at radius 1 is 0.761 bits per heavy atom. The van der Waals surface area contributed by atoms with Crippen LogP contribution in [0.3, 0.4) is 0 Å². The molecule has 4 aromatic rings. The van der Waals surface area contributed by atoms with Gasteiger partial charge >= 0.3 is 0 Å². The van der Waals surface area contributed by atoms with Crippen LogP contribution in [-0.4, -0.2) is 58.5 Å². The van der Waals surface area contributed by atoms with Crippen LogP contribution in [0.5, 0.6) is 11.5 Å². The first-order chi connectivity index (χ1) is 22.1. The monoisotopic (exact) mass is 643 g/mol. The van der Waals surface area contributed by atoms with Gasteiger partial charge in [0.1, 0.15) is 12.6 Å². The van der Waals surface area contributed by atoms with Crippen LogP contribution < -0.4 is 19.1 Å². The minimum absolute atomic E-state index is 0.0769. The summed E-state index contributed by atoms with van der Waals surface area (Å²) in [5.74, 6) is -0.0413. The summed E-state index contributed by atoms with van der Waals surface area (Å²) in [5.41, 5.74) is 1.98. The molecule has 0 aliphatic carbocycles. The average Bonchev–Trinajstić information content (AvgIpc) is 3.08. The van der Waals surface area contributed by atoms with Crippen LogP contribution in [0.2, 0.25) is 0 Å². The van der Waals surface area contributed by atoms with Gasteiger partial charge in [0.25, 0.3) is 10.0 Å². The van der Waals surface area contributed by atoms with E-state index in [0.29, 0.717) is 18.0 Å². The third-order valence-corrected chi connectivity index (χ3v) is 9.19. The lowest BCUT2D eigenvalue weighted by atomic mass is 10.0. The average molecular weight is 644 g/mol. The number of ether oxygens (including phenoxy) is 2. The van der Waals surface area contributed by atoms with Crippen LogP contribution >= 0.6 is 0 Å². The topological polar surface area (TPSA) is 105 Å². The molecule has 9 nitrogen and oxygen atoms in total. The summed E-state index contributed by atoms with van der Waals surface area (Å²) >= 11 is 0. The molecule has 0 bridgehead atoms. The predicted octanol–water partition coefficient (Wildman–Crippen LogP) is 5.31. The summed E-state index contributed by atoms with van der Waals surface area (Å²) in [5, 5.41) is 3.00. The number of rotatable bonds is 15. The van der Waals surface area contributed by atoms with Crippen LogP contribution in [0.25, 0.3) is 0 Å². The second kappa shape index (κ2) is 15.9. The lowest BCUT2D eigenvalue weighted by molar-refractivity contribution is -0.140. The van der Waals surface area contributed by atoms with Gasteiger partial charge in [-0.2, -0.15) is 0 Å². The molecule has 242 valence electrons. The number of hydrogen-bond acceptors (Lipinski definition) is 6. The smallest absolute Gasteiger partial charge is 0.264 e. The van der Waals surface area contributed by atoms with E-state index in [0.717, 1.165) is 15.4 Å². The van der Waals surface area contributed by atoms with Crippen molar-refractivity contribution in [1.29, 1.82) is 0 Å². The van der Waals surface area contributed by atoms with Crippen LogP contribution in [0.1, 0.15) is 25.0 Å². The number of amides is 2. The number of sulfonamides is 1. The highest BCUT2D eigenvalue weighted by atomic mass is 32.2. The van der Waals surface area contributed by atoms with Crippen LogP contribution in [-0.2, 0) is 32.6 Å². The molecule has 1 N–H and O–H groups in total. The van der Waals surface area contributed by atoms with Gasteiger partial charge in [0.15, 0.2) is 11.5 Å². The molecule has 46 heavy (non-hydrogen) atoms. The van der Waals surface area contributed by atoms with Crippen molar-refractivity contribution in [3.63, 3.8) is 0 Å². The van der Waals surface area contributed by atoms with Crippen molar-refractivity contribution in [3.8, 4) is 11.5 Å². The highest BCUT2D eigenvalue weighted by molar-refractivity contribution is 7.92. The molecule has 1 unspecified atom stereocenters. The van der Waals surface area contributed by atoms with Gasteiger partial charge in [-0.1, -0.05) is 92.7 Å². The van der Waals surface area contributed by atoms with Gasteiger partial charge < -0.3 is 19.7 Å². The number of carbonyl (C=O) groups excluding carboxylic acids is 2. The molecule has 0 aliphatic heterocycles. The number of anilines is 1. The van der Waals surface area contributed by atoms with E-state index in [2.05, 4.69) is 5.32 Å². The highest BCUT2D eigenvalue weighted by Gasteiger charge is 2.35. The molecule has 0 spiro atoms. The standard InChI is InChI=1S/C36H41N3O6S/c1-27(2)24-37-36(41)32(22-28-14-8-5-9-15-28)38(25-29-16-10-6-11-17-29)35(40)26-39(30-18-12-7-13-19-30)46(42,43)31-20-21-33(44-3)34(23-31)45-4/h5-21,23,27,32H,22,24-26H2,1-4H3,(H,37,41). The molecule has 0 heterocycles. The van der Waals surface area contributed by atoms with Gasteiger partial charge in [0.2, 0.25) is 11.8 Å². The normalized spacial score (nSPS) is 11.8. The van der Waals surface area contributed by atoms with Gasteiger partial charge in [-0.05, 0) is 41.3 Å². The van der Waals surface area contributed by atoms with Gasteiger partial charge in [-0.25, -0.2) is 8.42 Å². The Balaban J connectivity index is 1.79. The number of carbonyl (C=O) groups is 2. The number of nitrogens with zero attached hydrogens (tertiary/aromatic N) is 2. The van der Waals surface area contributed by atoms with Crippen LogP contribution in [0, 0.1) is 5.92 Å². The quantitative estimate of drug-likeness (QED) is 0.188. The van der Waals surface area contributed by atoms with Gasteiger partial charge in [0, 0.05) is 25.6 Å². The van der Waals surface area contributed by atoms with E-state index in [1.165, 1.54) is 37.3 Å². The maximum Gasteiger partial charge on any atom is 0.264 e. The number of benzene rings is 4. The predicted molar refractivity (Wildman–Crippen MR) is 179 cm³/mol. The van der Waals surface area contributed by atoms with Crippen LogP contribution in [0.15, 0.2) is 114 Å². The molecular formula is C36H41N3O6S. The van der Waals surface area contributed by atoms with Crippen molar-refractivity contribution in [2.24, 2.45) is 5.92 Å². The minimum Gasteiger partial charge on any atom is -0.493 e. The Hall–Kier alpha value is -4.83. The van der Waals surface area contributed by atoms with Gasteiger partial charge in [-0.15, -0.1) is 0 Å². The van der Waals surface area contributed by atoms with Crippen molar-refractivity contribution >= 4 is 27.5 Å². The SMILES string of the molecule is COc1ccc(S(=O)(=O)N(CC(=O)N(Cc2ccccc2)C(Cc2ccccc2)C(=O)NCC(C)C)c2ccccc2)cc1OC. The van der Waals surface area contributed by atoms with Crippen LogP contribution in [0.4, 0.5) is 5.69 Å². The summed E-state index contributed by atoms with van der Waals surface area (Å²) in [6, 6.07) is 30.6. The van der Waals surface area contributed by atoms with Crippen molar-refractivity contribution in [3.05, 3.63) is 120 Å². The first-order valence-corrected chi connectivity index (χ1v) is 16.5. The number of nitrogens with one attached hydrogen (secondary N) is 1. The minimum atomic E-state index is -4.29. The number of hydrogen-bond donors (Lipinski definition) is 1. The fourth-order valence-electron chi connectivity index (χ4n) is 4.98. The molecule has 0 fully saturated rings. The third kappa shape index (κ3) is 8.66. The molecule has 2 amide bonds. The third-order valence-electron chi connectivity index (χ3n) is 7.42. The molecule has 10 heteroatoms. The fourth-order valence-corrected chi connectivity index (χ4v) is 6.41. The Kier molecular flexibility index (Phi) is 11.8. The van der Waals surface area contributed by atoms with Gasteiger partial charge in [0.05, 0.1) is 24.8 Å². The second-order valence-corrected chi connectivity index (χ2v) is 13.1. The van der Waals surface area contributed by atoms with Crippen molar-refractivity contribution in [2.45, 2.75) is 37.8 Å². The zero-order valence-electron chi connectivity index (χ0n) is 26.6. The van der Waals surface area contributed by atoms with E-state index in [4.69, 9.17) is 9.47 Å². The largest absolute Gasteiger partial charge is 0.493 e. The summed E-state index contributed by atoms with van der Waals surface area (Å²) in [7, 11) is -1.40. The Labute approximate surface area is 271 Å². The first kappa shape index (κ1) is 34.1. The van der Waals surface area contributed by atoms with E-state index in [1.54, 1.807) is 30.3 Å². The van der Waals surface area contributed by atoms with E-state index >= 15 is 0 Å². The van der Waals surface area contributed by atoms with Gasteiger partial charge in [-0.3, -0.25) is 13.9 Å². The maximum atomic E-state index is 14.5.